The van der Waals surface area contributed by atoms with Crippen LogP contribution in [0.5, 0.6) is 0 Å². The van der Waals surface area contributed by atoms with E-state index in [2.05, 4.69) is 11.8 Å². The van der Waals surface area contributed by atoms with Crippen LogP contribution in [0.15, 0.2) is 24.3 Å². The van der Waals surface area contributed by atoms with Crippen LogP contribution in [0.2, 0.25) is 0 Å². The van der Waals surface area contributed by atoms with Crippen molar-refractivity contribution in [2.75, 3.05) is 25.4 Å². The zero-order valence-corrected chi connectivity index (χ0v) is 9.75. The lowest BCUT2D eigenvalue weighted by atomic mass is 9.87. The van der Waals surface area contributed by atoms with Crippen molar-refractivity contribution in [3.63, 3.8) is 0 Å². The number of alkyl halides is 1. The lowest BCUT2D eigenvalue weighted by Gasteiger charge is -2.37. The molecule has 1 aliphatic rings. The molecule has 0 aromatic heterocycles. The minimum Gasteiger partial charge on any atom is -0.399 e. The number of nitrogens with two attached hydrogens (primary N) is 1. The first-order chi connectivity index (χ1) is 7.64. The third kappa shape index (κ3) is 2.19. The molecule has 16 heavy (non-hydrogen) atoms. The van der Waals surface area contributed by atoms with Crippen molar-refractivity contribution in [3.05, 3.63) is 29.8 Å². The maximum Gasteiger partial charge on any atom is 0.148 e. The number of likely N-dealkylation sites (N-methyl/N-ethyl adjacent to an activating group) is 1. The molecule has 0 radical (unpaired) electrons. The summed E-state index contributed by atoms with van der Waals surface area (Å²) in [5.41, 5.74) is 5.86. The maximum atomic E-state index is 14.8. The Morgan fingerprint density at radius 1 is 1.50 bits per heavy atom. The number of benzene rings is 1. The lowest BCUT2D eigenvalue weighted by molar-refractivity contribution is 0.0454. The van der Waals surface area contributed by atoms with Gasteiger partial charge in [0.25, 0.3) is 0 Å². The number of halogens is 1. The van der Waals surface area contributed by atoms with E-state index in [1.54, 1.807) is 12.1 Å². The summed E-state index contributed by atoms with van der Waals surface area (Å²) in [7, 11) is 0. The molecule has 88 valence electrons. The Kier molecular flexibility index (Phi) is 3.15. The molecular weight excluding hydrogens is 203 g/mol. The molecule has 1 aliphatic heterocycles. The van der Waals surface area contributed by atoms with Crippen LogP contribution in [0.3, 0.4) is 0 Å². The summed E-state index contributed by atoms with van der Waals surface area (Å²) >= 11 is 0. The molecule has 0 aliphatic carbocycles. The SMILES string of the molecule is CCN1CCCC(F)(c2cccc(N)c2)C1. The van der Waals surface area contributed by atoms with Gasteiger partial charge in [-0.25, -0.2) is 4.39 Å². The van der Waals surface area contributed by atoms with Gasteiger partial charge in [-0.3, -0.25) is 0 Å². The van der Waals surface area contributed by atoms with E-state index in [9.17, 15) is 4.39 Å². The van der Waals surface area contributed by atoms with Crippen molar-refractivity contribution in [1.82, 2.24) is 4.90 Å². The number of hydrogen-bond acceptors (Lipinski definition) is 2. The van der Waals surface area contributed by atoms with Crippen molar-refractivity contribution in [2.24, 2.45) is 0 Å². The van der Waals surface area contributed by atoms with Gasteiger partial charge in [0.1, 0.15) is 5.67 Å². The van der Waals surface area contributed by atoms with Gasteiger partial charge in [0.15, 0.2) is 0 Å². The molecular formula is C13H19FN2. The van der Waals surface area contributed by atoms with Gasteiger partial charge in [0.2, 0.25) is 0 Å². The molecule has 0 amide bonds. The van der Waals surface area contributed by atoms with Crippen molar-refractivity contribution < 1.29 is 4.39 Å². The number of rotatable bonds is 2. The van der Waals surface area contributed by atoms with E-state index in [-0.39, 0.29) is 0 Å². The van der Waals surface area contributed by atoms with Gasteiger partial charge < -0.3 is 10.6 Å². The third-order valence-electron chi connectivity index (χ3n) is 3.37. The fourth-order valence-electron chi connectivity index (χ4n) is 2.42. The molecule has 1 heterocycles. The minimum atomic E-state index is -1.22. The second kappa shape index (κ2) is 4.42. The summed E-state index contributed by atoms with van der Waals surface area (Å²) in [6.45, 7) is 4.48. The largest absolute Gasteiger partial charge is 0.399 e. The van der Waals surface area contributed by atoms with Crippen LogP contribution in [-0.2, 0) is 5.67 Å². The van der Waals surface area contributed by atoms with Crippen LogP contribution < -0.4 is 5.73 Å². The van der Waals surface area contributed by atoms with Crippen LogP contribution in [0.25, 0.3) is 0 Å². The molecule has 1 aromatic carbocycles. The van der Waals surface area contributed by atoms with E-state index in [0.29, 0.717) is 18.7 Å². The highest BCUT2D eigenvalue weighted by atomic mass is 19.1. The second-order valence-electron chi connectivity index (χ2n) is 4.56. The average Bonchev–Trinajstić information content (AvgIpc) is 2.29. The molecule has 1 fully saturated rings. The number of anilines is 1. The first-order valence-corrected chi connectivity index (χ1v) is 5.91. The fraction of sp³-hybridized carbons (Fsp3) is 0.538. The van der Waals surface area contributed by atoms with E-state index in [0.717, 1.165) is 25.1 Å². The molecule has 1 atom stereocenters. The first kappa shape index (κ1) is 11.4. The van der Waals surface area contributed by atoms with Gasteiger partial charge >= 0.3 is 0 Å². The zero-order chi connectivity index (χ0) is 11.6. The average molecular weight is 222 g/mol. The summed E-state index contributed by atoms with van der Waals surface area (Å²) in [6, 6.07) is 7.23. The normalized spacial score (nSPS) is 26.9. The second-order valence-corrected chi connectivity index (χ2v) is 4.56. The Morgan fingerprint density at radius 2 is 2.31 bits per heavy atom. The number of nitrogens with zero attached hydrogens (tertiary/aromatic N) is 1. The number of likely N-dealkylation sites (tertiary alicyclic amines) is 1. The third-order valence-corrected chi connectivity index (χ3v) is 3.37. The summed E-state index contributed by atoms with van der Waals surface area (Å²) in [5, 5.41) is 0. The van der Waals surface area contributed by atoms with Crippen molar-refractivity contribution in [1.29, 1.82) is 0 Å². The molecule has 2 nitrogen and oxygen atoms in total. The molecule has 0 saturated carbocycles. The standard InChI is InChI=1S/C13H19FN2/c1-2-16-8-4-7-13(14,10-16)11-5-3-6-12(15)9-11/h3,5-6,9H,2,4,7-8,10,15H2,1H3. The van der Waals surface area contributed by atoms with E-state index in [4.69, 9.17) is 5.73 Å². The van der Waals surface area contributed by atoms with Crippen molar-refractivity contribution in [3.8, 4) is 0 Å². The minimum absolute atomic E-state index is 0.493. The molecule has 1 aromatic rings. The van der Waals surface area contributed by atoms with Gasteiger partial charge in [-0.05, 0) is 43.6 Å². The highest BCUT2D eigenvalue weighted by Crippen LogP contribution is 2.36. The summed E-state index contributed by atoms with van der Waals surface area (Å²) in [4.78, 5) is 2.16. The topological polar surface area (TPSA) is 29.3 Å². The van der Waals surface area contributed by atoms with Gasteiger partial charge in [-0.15, -0.1) is 0 Å². The lowest BCUT2D eigenvalue weighted by Crippen LogP contribution is -2.43. The van der Waals surface area contributed by atoms with Gasteiger partial charge in [-0.1, -0.05) is 19.1 Å². The Hall–Kier alpha value is -1.09. The van der Waals surface area contributed by atoms with E-state index in [1.807, 2.05) is 12.1 Å². The quantitative estimate of drug-likeness (QED) is 0.779. The molecule has 3 heteroatoms. The smallest absolute Gasteiger partial charge is 0.148 e. The van der Waals surface area contributed by atoms with Crippen LogP contribution in [-0.4, -0.2) is 24.5 Å². The van der Waals surface area contributed by atoms with Crippen LogP contribution in [0, 0.1) is 0 Å². The van der Waals surface area contributed by atoms with E-state index >= 15 is 0 Å². The highest BCUT2D eigenvalue weighted by Gasteiger charge is 2.36. The Bertz CT molecular complexity index is 367. The Morgan fingerprint density at radius 3 is 3.00 bits per heavy atom. The van der Waals surface area contributed by atoms with E-state index in [1.165, 1.54) is 0 Å². The fourth-order valence-corrected chi connectivity index (χ4v) is 2.42. The van der Waals surface area contributed by atoms with Crippen LogP contribution >= 0.6 is 0 Å². The Labute approximate surface area is 96.2 Å². The molecule has 1 unspecified atom stereocenters. The van der Waals surface area contributed by atoms with Crippen LogP contribution in [0.4, 0.5) is 10.1 Å². The molecule has 0 spiro atoms. The summed E-state index contributed by atoms with van der Waals surface area (Å²) in [6.07, 6.45) is 1.52. The first-order valence-electron chi connectivity index (χ1n) is 5.91. The molecule has 0 bridgehead atoms. The monoisotopic (exact) mass is 222 g/mol. The summed E-state index contributed by atoms with van der Waals surface area (Å²) in [5.74, 6) is 0. The predicted molar refractivity (Wildman–Crippen MR) is 65.0 cm³/mol. The highest BCUT2D eigenvalue weighted by molar-refractivity contribution is 5.43. The maximum absolute atomic E-state index is 14.8. The van der Waals surface area contributed by atoms with E-state index < -0.39 is 5.67 Å². The Balaban J connectivity index is 2.23. The summed E-state index contributed by atoms with van der Waals surface area (Å²) < 4.78 is 14.8. The number of nitrogen functional groups attached to an aromatic ring is 1. The van der Waals surface area contributed by atoms with Crippen molar-refractivity contribution in [2.45, 2.75) is 25.4 Å². The van der Waals surface area contributed by atoms with Gasteiger partial charge in [-0.2, -0.15) is 0 Å². The van der Waals surface area contributed by atoms with Gasteiger partial charge in [0, 0.05) is 12.2 Å². The van der Waals surface area contributed by atoms with Crippen molar-refractivity contribution >= 4 is 5.69 Å². The number of piperidine rings is 1. The number of hydrogen-bond donors (Lipinski definition) is 1. The van der Waals surface area contributed by atoms with Crippen LogP contribution in [0.1, 0.15) is 25.3 Å². The molecule has 2 rings (SSSR count). The zero-order valence-electron chi connectivity index (χ0n) is 9.75. The molecule has 1 saturated heterocycles. The van der Waals surface area contributed by atoms with Gasteiger partial charge in [0.05, 0.1) is 0 Å². The predicted octanol–water partition coefficient (Wildman–Crippen LogP) is 2.55. The molecule has 2 N–H and O–H groups in total.